The van der Waals surface area contributed by atoms with E-state index in [4.69, 9.17) is 4.74 Å². The summed E-state index contributed by atoms with van der Waals surface area (Å²) < 4.78 is 35.7. The van der Waals surface area contributed by atoms with Crippen LogP contribution in [0, 0.1) is 12.8 Å². The molecule has 2 heterocycles. The molecule has 0 aromatic heterocycles. The van der Waals surface area contributed by atoms with Gasteiger partial charge in [-0.3, -0.25) is 24.6 Å². The van der Waals surface area contributed by atoms with Crippen LogP contribution in [0.5, 0.6) is 0 Å². The van der Waals surface area contributed by atoms with Crippen LogP contribution in [-0.2, 0) is 30.1 Å². The number of halogens is 1. The van der Waals surface area contributed by atoms with Crippen LogP contribution in [0.25, 0.3) is 0 Å². The number of carbonyl (C=O) groups is 4. The van der Waals surface area contributed by atoms with Gasteiger partial charge in [0.1, 0.15) is 0 Å². The van der Waals surface area contributed by atoms with Crippen molar-refractivity contribution in [2.75, 3.05) is 13.2 Å². The van der Waals surface area contributed by atoms with Gasteiger partial charge < -0.3 is 4.74 Å². The molecule has 2 N–H and O–H groups in total. The van der Waals surface area contributed by atoms with Crippen LogP contribution >= 0.6 is 0 Å². The van der Waals surface area contributed by atoms with Gasteiger partial charge in [0.2, 0.25) is 5.91 Å². The molecule has 11 heteroatoms. The second-order valence-corrected chi connectivity index (χ2v) is 11.5. The Kier molecular flexibility index (Phi) is 7.99. The zero-order valence-corrected chi connectivity index (χ0v) is 20.4. The molecule has 1 aromatic rings. The number of nitrogens with zero attached hydrogens (tertiary/aromatic N) is 1. The highest BCUT2D eigenvalue weighted by Gasteiger charge is 2.50. The summed E-state index contributed by atoms with van der Waals surface area (Å²) in [6.07, 6.45) is -1.67. The first-order valence-corrected chi connectivity index (χ1v) is 12.2. The second-order valence-electron chi connectivity index (χ2n) is 9.47. The van der Waals surface area contributed by atoms with Crippen molar-refractivity contribution in [1.82, 2.24) is 14.9 Å². The van der Waals surface area contributed by atoms with E-state index in [2.05, 4.69) is 4.72 Å². The van der Waals surface area contributed by atoms with E-state index in [0.29, 0.717) is 31.6 Å². The summed E-state index contributed by atoms with van der Waals surface area (Å²) in [6.45, 7) is 7.48. The van der Waals surface area contributed by atoms with E-state index in [1.54, 1.807) is 52.0 Å². The molecule has 0 radical (unpaired) electrons. The average Bonchev–Trinajstić information content (AvgIpc) is 2.76. The molecule has 2 aliphatic heterocycles. The van der Waals surface area contributed by atoms with Crippen molar-refractivity contribution < 1.29 is 32.5 Å². The standard InChI is InChI=1S/C23H30FN3O6S/c1-13-6-5-7-14(12-13)18(26-34(32)23(2,3)4)17(24)19(28)16-20(29)25-22(31)27(21(16)30)15-8-10-33-11-9-15/h5-7,12,15-18,26H,8-11H2,1-4H3,(H,25,29,31)/t16?,17-,18-,34-/m0/s1. The van der Waals surface area contributed by atoms with Gasteiger partial charge in [0, 0.05) is 19.3 Å². The van der Waals surface area contributed by atoms with Crippen LogP contribution in [0.4, 0.5) is 9.18 Å². The van der Waals surface area contributed by atoms with Crippen molar-refractivity contribution in [3.63, 3.8) is 0 Å². The van der Waals surface area contributed by atoms with Gasteiger partial charge in [0.05, 0.1) is 21.8 Å². The third-order valence-corrected chi connectivity index (χ3v) is 7.37. The fourth-order valence-electron chi connectivity index (χ4n) is 3.91. The number of amides is 4. The summed E-state index contributed by atoms with van der Waals surface area (Å²) in [5, 5.41) is 2.01. The van der Waals surface area contributed by atoms with E-state index < -0.39 is 63.5 Å². The summed E-state index contributed by atoms with van der Waals surface area (Å²) in [4.78, 5) is 52.1. The summed E-state index contributed by atoms with van der Waals surface area (Å²) in [7, 11) is -1.76. The molecule has 34 heavy (non-hydrogen) atoms. The number of hydrogen-bond donors (Lipinski definition) is 2. The van der Waals surface area contributed by atoms with Gasteiger partial charge in [0.25, 0.3) is 5.91 Å². The maximum Gasteiger partial charge on any atom is 0.331 e. The lowest BCUT2D eigenvalue weighted by atomic mass is 9.89. The number of Topliss-reactive ketones (excluding diaryl/α,β-unsaturated/α-hetero) is 1. The minimum Gasteiger partial charge on any atom is -0.381 e. The second kappa shape index (κ2) is 10.4. The fourth-order valence-corrected chi connectivity index (χ4v) is 4.74. The summed E-state index contributed by atoms with van der Waals surface area (Å²) in [6, 6.07) is 3.81. The Morgan fingerprint density at radius 3 is 2.47 bits per heavy atom. The number of imide groups is 2. The molecule has 1 aromatic carbocycles. The molecule has 2 saturated heterocycles. The molecule has 4 atom stereocenters. The van der Waals surface area contributed by atoms with Crippen molar-refractivity contribution >= 4 is 34.6 Å². The number of benzene rings is 1. The van der Waals surface area contributed by atoms with E-state index in [-0.39, 0.29) is 0 Å². The first kappa shape index (κ1) is 26.1. The summed E-state index contributed by atoms with van der Waals surface area (Å²) in [5.41, 5.74) is 1.13. The van der Waals surface area contributed by atoms with Crippen LogP contribution in [-0.4, -0.2) is 62.9 Å². The number of urea groups is 1. The van der Waals surface area contributed by atoms with Crippen LogP contribution in [0.1, 0.15) is 50.8 Å². The number of aryl methyl sites for hydroxylation is 1. The first-order valence-electron chi connectivity index (χ1n) is 11.1. The summed E-state index contributed by atoms with van der Waals surface area (Å²) >= 11 is 0. The molecule has 0 saturated carbocycles. The fraction of sp³-hybridized carbons (Fsp3) is 0.565. The predicted octanol–water partition coefficient (Wildman–Crippen LogP) is 1.87. The number of ketones is 1. The molecule has 0 aliphatic carbocycles. The van der Waals surface area contributed by atoms with Crippen LogP contribution < -0.4 is 10.0 Å². The predicted molar refractivity (Wildman–Crippen MR) is 123 cm³/mol. The van der Waals surface area contributed by atoms with E-state index in [1.165, 1.54) is 0 Å². The van der Waals surface area contributed by atoms with Crippen molar-refractivity contribution in [2.24, 2.45) is 5.92 Å². The minimum absolute atomic E-state index is 0.317. The Labute approximate surface area is 200 Å². The molecule has 186 valence electrons. The molecule has 0 spiro atoms. The largest absolute Gasteiger partial charge is 0.381 e. The number of carbonyl (C=O) groups excluding carboxylic acids is 4. The average molecular weight is 496 g/mol. The Balaban J connectivity index is 1.91. The molecule has 4 amide bonds. The topological polar surface area (TPSA) is 122 Å². The van der Waals surface area contributed by atoms with Crippen molar-refractivity contribution in [3.8, 4) is 0 Å². The molecule has 2 fully saturated rings. The smallest absolute Gasteiger partial charge is 0.331 e. The molecule has 1 unspecified atom stereocenters. The highest BCUT2D eigenvalue weighted by Crippen LogP contribution is 2.28. The number of nitrogens with one attached hydrogen (secondary N) is 2. The molecular formula is C23H30FN3O6S. The van der Waals surface area contributed by atoms with Crippen LogP contribution in [0.15, 0.2) is 24.3 Å². The Hall–Kier alpha value is -2.50. The number of rotatable bonds is 7. The van der Waals surface area contributed by atoms with Gasteiger partial charge in [-0.2, -0.15) is 0 Å². The van der Waals surface area contributed by atoms with E-state index in [9.17, 15) is 23.4 Å². The number of hydrogen-bond acceptors (Lipinski definition) is 6. The molecule has 9 nitrogen and oxygen atoms in total. The van der Waals surface area contributed by atoms with Crippen LogP contribution in [0.3, 0.4) is 0 Å². The lowest BCUT2D eigenvalue weighted by Crippen LogP contribution is -2.64. The maximum atomic E-state index is 15.8. The molecular weight excluding hydrogens is 465 g/mol. The maximum absolute atomic E-state index is 15.8. The van der Waals surface area contributed by atoms with E-state index in [1.807, 2.05) is 5.32 Å². The lowest BCUT2D eigenvalue weighted by molar-refractivity contribution is -0.151. The third kappa shape index (κ3) is 5.59. The van der Waals surface area contributed by atoms with Gasteiger partial charge >= 0.3 is 6.03 Å². The quantitative estimate of drug-likeness (QED) is 0.557. The minimum atomic E-state index is -2.38. The van der Waals surface area contributed by atoms with Crippen molar-refractivity contribution in [3.05, 3.63) is 35.4 Å². The zero-order valence-electron chi connectivity index (χ0n) is 19.6. The SMILES string of the molecule is Cc1cccc([C@H](N[S@@](=O)C(C)(C)C)[C@H](F)C(=O)C2C(=O)NC(=O)N(C3CCOCC3)C2=O)c1. The van der Waals surface area contributed by atoms with Crippen molar-refractivity contribution in [2.45, 2.75) is 63.5 Å². The van der Waals surface area contributed by atoms with Crippen LogP contribution in [0.2, 0.25) is 0 Å². The highest BCUT2D eigenvalue weighted by molar-refractivity contribution is 7.84. The number of alkyl halides is 1. The van der Waals surface area contributed by atoms with E-state index in [0.717, 1.165) is 10.5 Å². The van der Waals surface area contributed by atoms with Gasteiger partial charge in [-0.05, 0) is 46.1 Å². The van der Waals surface area contributed by atoms with Gasteiger partial charge in [-0.1, -0.05) is 29.8 Å². The van der Waals surface area contributed by atoms with Crippen molar-refractivity contribution in [1.29, 1.82) is 0 Å². The van der Waals surface area contributed by atoms with Gasteiger partial charge in [-0.25, -0.2) is 18.1 Å². The lowest BCUT2D eigenvalue weighted by Gasteiger charge is -2.37. The normalized spacial score (nSPS) is 22.8. The first-order chi connectivity index (χ1) is 15.9. The van der Waals surface area contributed by atoms with E-state index >= 15 is 4.39 Å². The Bertz CT molecular complexity index is 1000. The van der Waals surface area contributed by atoms with Gasteiger partial charge in [0.15, 0.2) is 17.9 Å². The monoisotopic (exact) mass is 495 g/mol. The molecule has 2 aliphatic rings. The molecule has 0 bridgehead atoms. The Morgan fingerprint density at radius 1 is 1.24 bits per heavy atom. The Morgan fingerprint density at radius 2 is 1.88 bits per heavy atom. The highest BCUT2D eigenvalue weighted by atomic mass is 32.2. The number of ether oxygens (including phenoxy) is 1. The van der Waals surface area contributed by atoms with Gasteiger partial charge in [-0.15, -0.1) is 0 Å². The number of barbiturate groups is 1. The molecule has 3 rings (SSSR count). The third-order valence-electron chi connectivity index (χ3n) is 5.79. The zero-order chi connectivity index (χ0) is 25.2. The summed E-state index contributed by atoms with van der Waals surface area (Å²) in [5.74, 6) is -5.52.